The number of aliphatic imine (C=N–C) groups is 1. The predicted molar refractivity (Wildman–Crippen MR) is 93.9 cm³/mol. The van der Waals surface area contributed by atoms with Crippen molar-refractivity contribution in [2.24, 2.45) is 4.99 Å². The molecule has 0 radical (unpaired) electrons. The van der Waals surface area contributed by atoms with Gasteiger partial charge in [0.05, 0.1) is 17.7 Å². The van der Waals surface area contributed by atoms with Crippen molar-refractivity contribution in [2.75, 3.05) is 26.2 Å². The molecular formula is C18H22N4O2. The minimum Gasteiger partial charge on any atom is -0.357 e. The van der Waals surface area contributed by atoms with Gasteiger partial charge in [0.2, 0.25) is 0 Å². The van der Waals surface area contributed by atoms with Gasteiger partial charge in [0, 0.05) is 19.6 Å². The Bertz CT molecular complexity index is 641. The lowest BCUT2D eigenvalue weighted by Crippen LogP contribution is -2.37. The molecule has 1 aromatic carbocycles. The van der Waals surface area contributed by atoms with Crippen LogP contribution in [0.15, 0.2) is 29.3 Å². The maximum absolute atomic E-state index is 12.2. The van der Waals surface area contributed by atoms with Crippen molar-refractivity contribution in [3.05, 3.63) is 35.4 Å². The molecule has 0 saturated heterocycles. The lowest BCUT2D eigenvalue weighted by Gasteiger charge is -2.13. The van der Waals surface area contributed by atoms with E-state index in [2.05, 4.69) is 21.5 Å². The van der Waals surface area contributed by atoms with E-state index in [4.69, 9.17) is 6.42 Å². The maximum atomic E-state index is 12.2. The van der Waals surface area contributed by atoms with Crippen LogP contribution in [0.2, 0.25) is 0 Å². The normalized spacial score (nSPS) is 13.7. The molecule has 0 aliphatic carbocycles. The summed E-state index contributed by atoms with van der Waals surface area (Å²) in [5.74, 6) is 2.77. The Morgan fingerprint density at radius 3 is 2.42 bits per heavy atom. The zero-order valence-electron chi connectivity index (χ0n) is 13.8. The van der Waals surface area contributed by atoms with Crippen molar-refractivity contribution >= 4 is 17.8 Å². The third kappa shape index (κ3) is 4.13. The first-order valence-electron chi connectivity index (χ1n) is 8.10. The first kappa shape index (κ1) is 17.5. The number of carbonyl (C=O) groups is 2. The van der Waals surface area contributed by atoms with Crippen LogP contribution in [0.3, 0.4) is 0 Å². The summed E-state index contributed by atoms with van der Waals surface area (Å²) < 4.78 is 0. The second-order valence-electron chi connectivity index (χ2n) is 5.33. The number of imide groups is 1. The van der Waals surface area contributed by atoms with Crippen LogP contribution in [0.25, 0.3) is 0 Å². The maximum Gasteiger partial charge on any atom is 0.261 e. The van der Waals surface area contributed by atoms with Crippen LogP contribution in [-0.4, -0.2) is 48.9 Å². The number of fused-ring (bicyclic) bond motifs is 1. The van der Waals surface area contributed by atoms with Gasteiger partial charge in [-0.2, -0.15) is 0 Å². The SMILES string of the molecule is C#CCNC(=NCCCCN1C(=O)c2ccccc2C1=O)NCC. The van der Waals surface area contributed by atoms with Crippen LogP contribution in [0.1, 0.15) is 40.5 Å². The molecule has 2 rings (SSSR count). The topological polar surface area (TPSA) is 73.8 Å². The number of guanidine groups is 1. The van der Waals surface area contributed by atoms with Gasteiger partial charge in [-0.15, -0.1) is 6.42 Å². The summed E-state index contributed by atoms with van der Waals surface area (Å²) in [5, 5.41) is 6.11. The summed E-state index contributed by atoms with van der Waals surface area (Å²) in [6.45, 7) is 4.17. The van der Waals surface area contributed by atoms with E-state index >= 15 is 0 Å². The van der Waals surface area contributed by atoms with Crippen molar-refractivity contribution in [3.63, 3.8) is 0 Å². The van der Waals surface area contributed by atoms with Crippen LogP contribution in [0, 0.1) is 12.3 Å². The van der Waals surface area contributed by atoms with Crippen molar-refractivity contribution in [2.45, 2.75) is 19.8 Å². The fourth-order valence-corrected chi connectivity index (χ4v) is 2.49. The highest BCUT2D eigenvalue weighted by Crippen LogP contribution is 2.22. The highest BCUT2D eigenvalue weighted by Gasteiger charge is 2.34. The number of rotatable bonds is 7. The van der Waals surface area contributed by atoms with Gasteiger partial charge in [0.15, 0.2) is 5.96 Å². The summed E-state index contributed by atoms with van der Waals surface area (Å²) in [6, 6.07) is 6.93. The van der Waals surface area contributed by atoms with Gasteiger partial charge in [-0.1, -0.05) is 18.1 Å². The largest absolute Gasteiger partial charge is 0.357 e. The Morgan fingerprint density at radius 1 is 1.17 bits per heavy atom. The van der Waals surface area contributed by atoms with Crippen molar-refractivity contribution in [1.29, 1.82) is 0 Å². The molecule has 1 heterocycles. The van der Waals surface area contributed by atoms with E-state index in [-0.39, 0.29) is 11.8 Å². The predicted octanol–water partition coefficient (Wildman–Crippen LogP) is 1.25. The van der Waals surface area contributed by atoms with E-state index in [1.165, 1.54) is 4.90 Å². The quantitative estimate of drug-likeness (QED) is 0.260. The number of carbonyl (C=O) groups excluding carboxylic acids is 2. The molecule has 0 fully saturated rings. The molecular weight excluding hydrogens is 304 g/mol. The van der Waals surface area contributed by atoms with Crippen LogP contribution in [0.4, 0.5) is 0 Å². The minimum atomic E-state index is -0.205. The average molecular weight is 326 g/mol. The van der Waals surface area contributed by atoms with Crippen molar-refractivity contribution < 1.29 is 9.59 Å². The molecule has 0 bridgehead atoms. The highest BCUT2D eigenvalue weighted by atomic mass is 16.2. The molecule has 6 heteroatoms. The van der Waals surface area contributed by atoms with Gasteiger partial charge in [0.1, 0.15) is 0 Å². The number of nitrogens with zero attached hydrogens (tertiary/aromatic N) is 2. The highest BCUT2D eigenvalue weighted by molar-refractivity contribution is 6.21. The molecule has 0 atom stereocenters. The zero-order valence-corrected chi connectivity index (χ0v) is 13.8. The molecule has 0 spiro atoms. The van der Waals surface area contributed by atoms with Crippen molar-refractivity contribution in [3.8, 4) is 12.3 Å². The van der Waals surface area contributed by atoms with Crippen LogP contribution < -0.4 is 10.6 Å². The molecule has 6 nitrogen and oxygen atoms in total. The number of hydrogen-bond donors (Lipinski definition) is 2. The monoisotopic (exact) mass is 326 g/mol. The van der Waals surface area contributed by atoms with Gasteiger partial charge < -0.3 is 10.6 Å². The Labute approximate surface area is 142 Å². The number of amides is 2. The van der Waals surface area contributed by atoms with Gasteiger partial charge in [-0.05, 0) is 31.9 Å². The molecule has 1 aromatic rings. The van der Waals surface area contributed by atoms with Crippen molar-refractivity contribution in [1.82, 2.24) is 15.5 Å². The summed E-state index contributed by atoms with van der Waals surface area (Å²) in [5.41, 5.74) is 0.988. The van der Waals surface area contributed by atoms with Crippen LogP contribution in [0.5, 0.6) is 0 Å². The number of nitrogens with one attached hydrogen (secondary N) is 2. The van der Waals surface area contributed by atoms with E-state index in [1.807, 2.05) is 6.92 Å². The second kappa shape index (κ2) is 8.73. The zero-order chi connectivity index (χ0) is 17.4. The molecule has 0 saturated carbocycles. The van der Waals surface area contributed by atoms with Gasteiger partial charge in [0.25, 0.3) is 11.8 Å². The standard InChI is InChI=1S/C18H22N4O2/c1-3-11-20-18(19-4-2)21-12-7-8-13-22-16(23)14-9-5-6-10-15(14)17(22)24/h1,5-6,9-10H,4,7-8,11-13H2,2H3,(H2,19,20,21). The number of hydrogen-bond acceptors (Lipinski definition) is 3. The molecule has 24 heavy (non-hydrogen) atoms. The van der Waals surface area contributed by atoms with Gasteiger partial charge in [-0.3, -0.25) is 19.5 Å². The number of unbranched alkanes of at least 4 members (excludes halogenated alkanes) is 1. The smallest absolute Gasteiger partial charge is 0.261 e. The van der Waals surface area contributed by atoms with E-state index in [0.29, 0.717) is 43.1 Å². The summed E-state index contributed by atoms with van der Waals surface area (Å²) in [6.07, 6.45) is 6.71. The van der Waals surface area contributed by atoms with E-state index in [9.17, 15) is 9.59 Å². The molecule has 2 N–H and O–H groups in total. The minimum absolute atomic E-state index is 0.205. The lowest BCUT2D eigenvalue weighted by molar-refractivity contribution is 0.0652. The summed E-state index contributed by atoms with van der Waals surface area (Å²) >= 11 is 0. The summed E-state index contributed by atoms with van der Waals surface area (Å²) in [4.78, 5) is 30.2. The van der Waals surface area contributed by atoms with Crippen LogP contribution >= 0.6 is 0 Å². The Kier molecular flexibility index (Phi) is 6.38. The van der Waals surface area contributed by atoms with Crippen LogP contribution in [-0.2, 0) is 0 Å². The van der Waals surface area contributed by atoms with E-state index in [0.717, 1.165) is 13.0 Å². The third-order valence-corrected chi connectivity index (χ3v) is 3.64. The number of terminal acetylenes is 1. The first-order valence-corrected chi connectivity index (χ1v) is 8.10. The number of benzene rings is 1. The van der Waals surface area contributed by atoms with E-state index < -0.39 is 0 Å². The van der Waals surface area contributed by atoms with E-state index in [1.54, 1.807) is 24.3 Å². The molecule has 1 aliphatic rings. The molecule has 1 aliphatic heterocycles. The molecule has 2 amide bonds. The molecule has 0 unspecified atom stereocenters. The van der Waals surface area contributed by atoms with Gasteiger partial charge in [-0.25, -0.2) is 0 Å². The third-order valence-electron chi connectivity index (χ3n) is 3.64. The Balaban J connectivity index is 1.80. The average Bonchev–Trinajstić information content (AvgIpc) is 2.84. The Morgan fingerprint density at radius 2 is 1.83 bits per heavy atom. The fourth-order valence-electron chi connectivity index (χ4n) is 2.49. The first-order chi connectivity index (χ1) is 11.7. The summed E-state index contributed by atoms with van der Waals surface area (Å²) in [7, 11) is 0. The molecule has 126 valence electrons. The van der Waals surface area contributed by atoms with Gasteiger partial charge >= 0.3 is 0 Å². The Hall–Kier alpha value is -2.81. The molecule has 0 aromatic heterocycles. The second-order valence-corrected chi connectivity index (χ2v) is 5.33. The lowest BCUT2D eigenvalue weighted by atomic mass is 10.1. The fraction of sp³-hybridized carbons (Fsp3) is 0.389.